The molecule has 1 amide bonds. The average Bonchev–Trinajstić information content (AvgIpc) is 3.60. The van der Waals surface area contributed by atoms with Gasteiger partial charge in [0.15, 0.2) is 40.3 Å². The predicted octanol–water partition coefficient (Wildman–Crippen LogP) is 4.12. The van der Waals surface area contributed by atoms with Gasteiger partial charge in [0.1, 0.15) is 18.8 Å². The zero-order valence-corrected chi connectivity index (χ0v) is 36.7. The molecular weight excluding hydrogens is 879 g/mol. The summed E-state index contributed by atoms with van der Waals surface area (Å²) in [7, 11) is 1.98. The summed E-state index contributed by atoms with van der Waals surface area (Å²) in [5.41, 5.74) is 9.28. The number of aromatic nitrogens is 5. The minimum atomic E-state index is -5.19. The van der Waals surface area contributed by atoms with Crippen molar-refractivity contribution in [3.63, 3.8) is 0 Å². The number of carboxylic acid groups (broad SMARTS) is 1. The smallest absolute Gasteiger partial charge is 0.430 e. The molecule has 0 bridgehead atoms. The van der Waals surface area contributed by atoms with Crippen LogP contribution in [-0.2, 0) is 42.2 Å². The lowest BCUT2D eigenvalue weighted by Crippen LogP contribution is -2.41. The lowest BCUT2D eigenvalue weighted by atomic mass is 10.0. The van der Waals surface area contributed by atoms with Crippen LogP contribution in [0.3, 0.4) is 0 Å². The minimum absolute atomic E-state index is 0.0760. The maximum atomic E-state index is 13.5. The quantitative estimate of drug-likeness (QED) is 0.0247. The molecule has 1 atom stereocenters. The van der Waals surface area contributed by atoms with Gasteiger partial charge in [-0.2, -0.15) is 18.2 Å². The van der Waals surface area contributed by atoms with Gasteiger partial charge in [0.05, 0.1) is 39.0 Å². The molecule has 5 rings (SSSR count). The fourth-order valence-corrected chi connectivity index (χ4v) is 7.09. The standard InChI is InChI=1S/C42H50FN7O7S.C2HF3O2/c1-29(51)45-35(28-58-42-46-38-39(47-41(44)48-40(38)54)50(42)27-30-9-15-34(43)16-10-30)37(53)8-4-6-22-56-24-26-57-25-23-55-21-5-3-7-36(52)33-13-11-31(12-14-33)32-17-19-49(2)20-18-32;3-2(4,5)1(6)7/h9-20,35H,3-8,21-28H2,1-2H3,(H3-,44,45,47,48,51,54);(H,6,7)/t35-;/m0./s1. The van der Waals surface area contributed by atoms with Gasteiger partial charge in [-0.25, -0.2) is 13.9 Å². The third kappa shape index (κ3) is 17.8. The Hall–Kier alpha value is -6.03. The van der Waals surface area contributed by atoms with Gasteiger partial charge >= 0.3 is 6.18 Å². The first-order valence-corrected chi connectivity index (χ1v) is 21.5. The highest BCUT2D eigenvalue weighted by atomic mass is 32.2. The average molecular weight is 930 g/mol. The summed E-state index contributed by atoms with van der Waals surface area (Å²) in [4.78, 5) is 70.3. The van der Waals surface area contributed by atoms with E-state index in [2.05, 4.69) is 20.3 Å². The fourth-order valence-electron chi connectivity index (χ4n) is 6.05. The van der Waals surface area contributed by atoms with E-state index in [1.165, 1.54) is 30.8 Å². The molecule has 0 spiro atoms. The number of benzene rings is 2. The summed E-state index contributed by atoms with van der Waals surface area (Å²) < 4.78 is 65.6. The number of aliphatic carboxylic acids is 1. The highest BCUT2D eigenvalue weighted by Crippen LogP contribution is 2.25. The number of hydrogen-bond acceptors (Lipinski definition) is 13. The van der Waals surface area contributed by atoms with Crippen LogP contribution in [0.5, 0.6) is 0 Å². The van der Waals surface area contributed by atoms with Crippen molar-refractivity contribution in [2.45, 2.75) is 69.4 Å². The van der Waals surface area contributed by atoms with E-state index >= 15 is 0 Å². The molecule has 350 valence electrons. The fraction of sp³-hybridized carbons (Fsp3) is 0.409. The van der Waals surface area contributed by atoms with E-state index in [0.29, 0.717) is 64.1 Å². The molecule has 0 saturated carbocycles. The van der Waals surface area contributed by atoms with Crippen LogP contribution >= 0.6 is 11.8 Å². The van der Waals surface area contributed by atoms with Gasteiger partial charge in [0.25, 0.3) is 5.56 Å². The number of nitrogens with two attached hydrogens (primary N) is 1. The van der Waals surface area contributed by atoms with Crippen LogP contribution in [0.4, 0.5) is 23.5 Å². The Morgan fingerprint density at radius 3 is 1.97 bits per heavy atom. The number of imidazole rings is 1. The number of pyridine rings is 1. The second kappa shape index (κ2) is 26.1. The van der Waals surface area contributed by atoms with Crippen molar-refractivity contribution in [3.8, 4) is 11.1 Å². The second-order valence-corrected chi connectivity index (χ2v) is 15.5. The first-order chi connectivity index (χ1) is 31.0. The van der Waals surface area contributed by atoms with Crippen LogP contribution in [-0.4, -0.2) is 101 Å². The molecular formula is C44H51F4N7O9S. The molecule has 2 aromatic carbocycles. The van der Waals surface area contributed by atoms with Crippen LogP contribution in [0.15, 0.2) is 83.0 Å². The number of ether oxygens (including phenoxy) is 3. The third-order valence-electron chi connectivity index (χ3n) is 9.39. The number of anilines is 1. The number of hydrogen-bond donors (Lipinski definition) is 3. The Kier molecular flexibility index (Phi) is 20.7. The summed E-state index contributed by atoms with van der Waals surface area (Å²) >= 11 is 1.20. The molecule has 16 nitrogen and oxygen atoms in total. The maximum Gasteiger partial charge on any atom is 0.430 e. The summed E-state index contributed by atoms with van der Waals surface area (Å²) in [6, 6.07) is 17.0. The van der Waals surface area contributed by atoms with E-state index in [4.69, 9.17) is 29.8 Å². The third-order valence-corrected chi connectivity index (χ3v) is 10.5. The molecule has 3 heterocycles. The Bertz CT molecular complexity index is 2380. The van der Waals surface area contributed by atoms with E-state index < -0.39 is 23.7 Å². The van der Waals surface area contributed by atoms with Crippen LogP contribution in [0.2, 0.25) is 0 Å². The van der Waals surface area contributed by atoms with Crippen molar-refractivity contribution in [2.75, 3.05) is 51.1 Å². The van der Waals surface area contributed by atoms with Crippen LogP contribution in [0, 0.1) is 5.82 Å². The number of thioether (sulfide) groups is 1. The number of alkyl halides is 3. The highest BCUT2D eigenvalue weighted by Gasteiger charge is 2.29. The summed E-state index contributed by atoms with van der Waals surface area (Å²) in [6.45, 7) is 4.32. The van der Waals surface area contributed by atoms with Crippen molar-refractivity contribution < 1.29 is 60.6 Å². The normalized spacial score (nSPS) is 11.8. The van der Waals surface area contributed by atoms with E-state index in [9.17, 15) is 36.7 Å². The van der Waals surface area contributed by atoms with Gasteiger partial charge in [0, 0.05) is 56.4 Å². The molecule has 4 N–H and O–H groups in total. The molecule has 0 aliphatic rings. The maximum absolute atomic E-state index is 13.5. The minimum Gasteiger partial charge on any atom is -0.542 e. The number of nitrogens with one attached hydrogen (secondary N) is 2. The van der Waals surface area contributed by atoms with E-state index in [0.717, 1.165) is 35.1 Å². The van der Waals surface area contributed by atoms with Crippen molar-refractivity contribution in [1.82, 2.24) is 24.8 Å². The number of nitrogen functional groups attached to an aromatic ring is 1. The van der Waals surface area contributed by atoms with Gasteiger partial charge in [-0.05, 0) is 54.5 Å². The van der Waals surface area contributed by atoms with Crippen LogP contribution < -0.4 is 26.3 Å². The molecule has 0 radical (unpaired) electrons. The van der Waals surface area contributed by atoms with Gasteiger partial charge in [-0.3, -0.25) is 28.7 Å². The molecule has 0 saturated heterocycles. The van der Waals surface area contributed by atoms with E-state index in [1.54, 1.807) is 16.7 Å². The number of nitrogens with zero attached hydrogens (tertiary/aromatic N) is 4. The lowest BCUT2D eigenvalue weighted by Gasteiger charge is -2.17. The molecule has 21 heteroatoms. The monoisotopic (exact) mass is 929 g/mol. The zero-order chi connectivity index (χ0) is 47.4. The molecule has 0 fully saturated rings. The number of H-pyrrole nitrogens is 1. The molecule has 0 aliphatic heterocycles. The number of rotatable bonds is 25. The van der Waals surface area contributed by atoms with E-state index in [1.807, 2.05) is 60.4 Å². The van der Waals surface area contributed by atoms with Gasteiger partial charge in [0.2, 0.25) is 11.9 Å². The van der Waals surface area contributed by atoms with Gasteiger partial charge in [-0.15, -0.1) is 0 Å². The SMILES string of the molecule is CC(=O)N[C@@H](CSc1nc2c(=O)[nH]c(N)nc2n1Cc1ccc(F)cc1)C(=O)CCCCOCCOCCOCCCCC(=O)c1ccc(-c2cc[n+](C)cc2)cc1.O=C([O-])C(F)(F)F. The molecule has 0 aliphatic carbocycles. The van der Waals surface area contributed by atoms with Crippen molar-refractivity contribution >= 4 is 52.3 Å². The Labute approximate surface area is 375 Å². The largest absolute Gasteiger partial charge is 0.542 e. The van der Waals surface area contributed by atoms with Crippen molar-refractivity contribution in [3.05, 3.63) is 100 Å². The molecule has 65 heavy (non-hydrogen) atoms. The lowest BCUT2D eigenvalue weighted by molar-refractivity contribution is -0.671. The molecule has 0 unspecified atom stereocenters. The number of carbonyl (C=O) groups excluding carboxylic acids is 4. The second-order valence-electron chi connectivity index (χ2n) is 14.6. The van der Waals surface area contributed by atoms with E-state index in [-0.39, 0.29) is 59.1 Å². The Balaban J connectivity index is 0.00000122. The number of aromatic amines is 1. The zero-order valence-electron chi connectivity index (χ0n) is 35.9. The predicted molar refractivity (Wildman–Crippen MR) is 230 cm³/mol. The summed E-state index contributed by atoms with van der Waals surface area (Å²) in [6.07, 6.45) is 2.28. The van der Waals surface area contributed by atoms with Crippen molar-refractivity contribution in [2.24, 2.45) is 7.05 Å². The number of halogens is 4. The number of carbonyl (C=O) groups is 4. The Morgan fingerprint density at radius 1 is 0.846 bits per heavy atom. The highest BCUT2D eigenvalue weighted by molar-refractivity contribution is 7.99. The number of amides is 1. The molecule has 3 aromatic heterocycles. The van der Waals surface area contributed by atoms with Crippen LogP contribution in [0.1, 0.15) is 61.4 Å². The number of ketones is 2. The summed E-state index contributed by atoms with van der Waals surface area (Å²) in [5, 5.41) is 11.9. The topological polar surface area (TPSA) is 225 Å². The number of Topliss-reactive ketones (excluding diaryl/α,β-unsaturated/α-hetero) is 2. The van der Waals surface area contributed by atoms with Gasteiger partial charge < -0.3 is 35.2 Å². The Morgan fingerprint density at radius 2 is 1.40 bits per heavy atom. The van der Waals surface area contributed by atoms with Gasteiger partial charge in [-0.1, -0.05) is 48.2 Å². The number of carboxylic acids is 1. The molecule has 5 aromatic rings. The van der Waals surface area contributed by atoms with Crippen molar-refractivity contribution in [1.29, 1.82) is 0 Å². The first kappa shape index (κ1) is 51.6. The number of fused-ring (bicyclic) bond motifs is 1. The summed E-state index contributed by atoms with van der Waals surface area (Å²) in [5.74, 6) is -3.65. The number of unbranched alkanes of at least 4 members (excludes halogenated alkanes) is 2. The number of aryl methyl sites for hydroxylation is 1. The first-order valence-electron chi connectivity index (χ1n) is 20.5. The van der Waals surface area contributed by atoms with Crippen LogP contribution in [0.25, 0.3) is 22.3 Å².